The molecule has 10 nitrogen and oxygen atoms in total. The van der Waals surface area contributed by atoms with Crippen molar-refractivity contribution in [2.75, 3.05) is 11.5 Å². The Labute approximate surface area is 203 Å². The van der Waals surface area contributed by atoms with Crippen molar-refractivity contribution >= 4 is 29.6 Å². The fourth-order valence-corrected chi connectivity index (χ4v) is 3.03. The van der Waals surface area contributed by atoms with E-state index in [1.54, 1.807) is 89.5 Å². The van der Waals surface area contributed by atoms with E-state index >= 15 is 0 Å². The molecule has 3 rings (SSSR count). The molecule has 10 heteroatoms. The van der Waals surface area contributed by atoms with E-state index in [1.165, 1.54) is 6.07 Å². The van der Waals surface area contributed by atoms with Gasteiger partial charge in [0.2, 0.25) is 0 Å². The number of fused-ring (bicyclic) bond motifs is 1. The van der Waals surface area contributed by atoms with Crippen molar-refractivity contribution < 1.29 is 28.6 Å². The molecule has 0 aliphatic carbocycles. The van der Waals surface area contributed by atoms with Crippen LogP contribution in [0.2, 0.25) is 0 Å². The van der Waals surface area contributed by atoms with Crippen LogP contribution < -0.4 is 4.90 Å². The van der Waals surface area contributed by atoms with E-state index < -0.39 is 29.4 Å². The van der Waals surface area contributed by atoms with Crippen LogP contribution in [-0.2, 0) is 14.2 Å². The number of carbonyl (C=O) groups excluding carboxylic acids is 3. The zero-order chi connectivity index (χ0) is 26.0. The van der Waals surface area contributed by atoms with Crippen molar-refractivity contribution in [3.05, 3.63) is 48.4 Å². The molecule has 35 heavy (non-hydrogen) atoms. The molecule has 0 aromatic carbocycles. The van der Waals surface area contributed by atoms with Crippen molar-refractivity contribution in [1.29, 1.82) is 0 Å². The van der Waals surface area contributed by atoms with Gasteiger partial charge in [-0.3, -0.25) is 0 Å². The lowest BCUT2D eigenvalue weighted by molar-refractivity contribution is 0.0427. The van der Waals surface area contributed by atoms with Gasteiger partial charge in [0, 0.05) is 18.0 Å². The molecule has 3 aromatic rings. The Morgan fingerprint density at radius 2 is 1.51 bits per heavy atom. The summed E-state index contributed by atoms with van der Waals surface area (Å²) in [6.45, 7) is 12.2. The second-order valence-corrected chi connectivity index (χ2v) is 9.71. The Kier molecular flexibility index (Phi) is 7.14. The number of esters is 1. The Balaban J connectivity index is 2.00. The molecule has 2 amide bonds. The average molecular weight is 483 g/mol. The summed E-state index contributed by atoms with van der Waals surface area (Å²) < 4.78 is 17.5. The van der Waals surface area contributed by atoms with Crippen molar-refractivity contribution in [2.24, 2.45) is 0 Å². The molecule has 0 aliphatic heterocycles. The molecule has 0 atom stereocenters. The first-order valence-corrected chi connectivity index (χ1v) is 11.2. The number of imidazole rings is 1. The van der Waals surface area contributed by atoms with Crippen LogP contribution in [0.1, 0.15) is 59.0 Å². The molecular weight excluding hydrogens is 452 g/mol. The van der Waals surface area contributed by atoms with Crippen molar-refractivity contribution in [2.45, 2.75) is 59.7 Å². The lowest BCUT2D eigenvalue weighted by atomic mass is 10.2. The van der Waals surface area contributed by atoms with Gasteiger partial charge in [-0.05, 0) is 72.7 Å². The molecule has 0 fully saturated rings. The largest absolute Gasteiger partial charge is 0.461 e. The number of nitrogens with zero attached hydrogens (tertiary/aromatic N) is 4. The minimum absolute atomic E-state index is 0.0453. The summed E-state index contributed by atoms with van der Waals surface area (Å²) >= 11 is 0. The lowest BCUT2D eigenvalue weighted by Crippen LogP contribution is -2.44. The van der Waals surface area contributed by atoms with Gasteiger partial charge in [-0.1, -0.05) is 6.07 Å². The third kappa shape index (κ3) is 6.56. The molecule has 0 saturated carbocycles. The first-order chi connectivity index (χ1) is 16.3. The predicted molar refractivity (Wildman–Crippen MR) is 129 cm³/mol. The fraction of sp³-hybridized carbons (Fsp3) is 0.400. The van der Waals surface area contributed by atoms with Gasteiger partial charge < -0.3 is 18.6 Å². The van der Waals surface area contributed by atoms with Crippen LogP contribution in [0, 0.1) is 0 Å². The predicted octanol–water partition coefficient (Wildman–Crippen LogP) is 5.25. The molecule has 0 spiro atoms. The first kappa shape index (κ1) is 25.7. The smallest absolute Gasteiger partial charge is 0.425 e. The SMILES string of the molecule is CCOC(=O)c1cn2cc(-c3cccc(N(C(=O)OC(C)(C)C)C(=O)OC(C)(C)C)n3)ccc2n1. The third-order valence-corrected chi connectivity index (χ3v) is 4.35. The van der Waals surface area contributed by atoms with E-state index in [1.807, 2.05) is 0 Å². The van der Waals surface area contributed by atoms with Gasteiger partial charge in [0.15, 0.2) is 5.69 Å². The number of hydrogen-bond acceptors (Lipinski definition) is 8. The van der Waals surface area contributed by atoms with Gasteiger partial charge in [0.25, 0.3) is 0 Å². The molecule has 0 bridgehead atoms. The number of aromatic nitrogens is 3. The van der Waals surface area contributed by atoms with E-state index in [0.717, 1.165) is 4.90 Å². The Bertz CT molecular complexity index is 1220. The van der Waals surface area contributed by atoms with E-state index in [2.05, 4.69) is 9.97 Å². The minimum atomic E-state index is -0.902. The summed E-state index contributed by atoms with van der Waals surface area (Å²) in [5.41, 5.74) is 0.216. The van der Waals surface area contributed by atoms with Crippen LogP contribution in [0.25, 0.3) is 16.9 Å². The second kappa shape index (κ2) is 9.73. The number of carbonyl (C=O) groups is 3. The molecule has 186 valence electrons. The second-order valence-electron chi connectivity index (χ2n) is 9.71. The molecule has 0 saturated heterocycles. The zero-order valence-electron chi connectivity index (χ0n) is 21.0. The van der Waals surface area contributed by atoms with Gasteiger partial charge >= 0.3 is 18.2 Å². The fourth-order valence-electron chi connectivity index (χ4n) is 3.03. The van der Waals surface area contributed by atoms with E-state index in [-0.39, 0.29) is 18.1 Å². The maximum Gasteiger partial charge on any atom is 0.425 e. The highest BCUT2D eigenvalue weighted by atomic mass is 16.6. The summed E-state index contributed by atoms with van der Waals surface area (Å²) in [5, 5.41) is 0. The maximum absolute atomic E-state index is 12.9. The van der Waals surface area contributed by atoms with Crippen LogP contribution in [0.3, 0.4) is 0 Å². The number of rotatable bonds is 4. The van der Waals surface area contributed by atoms with Crippen LogP contribution in [0.4, 0.5) is 15.4 Å². The van der Waals surface area contributed by atoms with Crippen molar-refractivity contribution in [3.63, 3.8) is 0 Å². The molecule has 0 aliphatic rings. The van der Waals surface area contributed by atoms with Crippen LogP contribution in [0.5, 0.6) is 0 Å². The zero-order valence-corrected chi connectivity index (χ0v) is 21.0. The highest BCUT2D eigenvalue weighted by Crippen LogP contribution is 2.25. The maximum atomic E-state index is 12.9. The molecule has 3 heterocycles. The molecule has 0 N–H and O–H groups in total. The number of imide groups is 1. The summed E-state index contributed by atoms with van der Waals surface area (Å²) in [7, 11) is 0. The number of ether oxygens (including phenoxy) is 3. The van der Waals surface area contributed by atoms with E-state index in [0.29, 0.717) is 16.9 Å². The van der Waals surface area contributed by atoms with Gasteiger partial charge in [-0.2, -0.15) is 4.90 Å². The Morgan fingerprint density at radius 1 is 0.886 bits per heavy atom. The highest BCUT2D eigenvalue weighted by molar-refractivity contribution is 6.08. The number of hydrogen-bond donors (Lipinski definition) is 0. The first-order valence-electron chi connectivity index (χ1n) is 11.2. The summed E-state index contributed by atoms with van der Waals surface area (Å²) in [5.74, 6) is -0.466. The highest BCUT2D eigenvalue weighted by Gasteiger charge is 2.33. The van der Waals surface area contributed by atoms with E-state index in [4.69, 9.17) is 14.2 Å². The lowest BCUT2D eigenvalue weighted by Gasteiger charge is -2.28. The van der Waals surface area contributed by atoms with Crippen molar-refractivity contribution in [3.8, 4) is 11.3 Å². The normalized spacial score (nSPS) is 11.7. The third-order valence-electron chi connectivity index (χ3n) is 4.35. The standard InChI is InChI=1S/C25H30N4O6/c1-8-33-21(30)18-15-28-14-16(12-13-19(28)27-18)17-10-9-11-20(26-17)29(22(31)34-24(2,3)4)23(32)35-25(5,6)7/h9-15H,8H2,1-7H3. The molecule has 0 radical (unpaired) electrons. The van der Waals surface area contributed by atoms with E-state index in [9.17, 15) is 14.4 Å². The Hall–Kier alpha value is -3.95. The van der Waals surface area contributed by atoms with Crippen LogP contribution >= 0.6 is 0 Å². The van der Waals surface area contributed by atoms with Crippen LogP contribution in [-0.4, -0.2) is 50.3 Å². The van der Waals surface area contributed by atoms with Crippen LogP contribution in [0.15, 0.2) is 42.7 Å². The minimum Gasteiger partial charge on any atom is -0.461 e. The monoisotopic (exact) mass is 482 g/mol. The summed E-state index contributed by atoms with van der Waals surface area (Å²) in [4.78, 5) is 47.4. The Morgan fingerprint density at radius 3 is 2.09 bits per heavy atom. The molecule has 0 unspecified atom stereocenters. The number of pyridine rings is 2. The number of amides is 2. The summed E-state index contributed by atoms with van der Waals surface area (Å²) in [6, 6.07) is 8.42. The molecule has 3 aromatic heterocycles. The topological polar surface area (TPSA) is 112 Å². The van der Waals surface area contributed by atoms with Gasteiger partial charge in [-0.25, -0.2) is 24.4 Å². The quantitative estimate of drug-likeness (QED) is 0.366. The van der Waals surface area contributed by atoms with Gasteiger partial charge in [0.05, 0.1) is 12.3 Å². The van der Waals surface area contributed by atoms with Gasteiger partial charge in [-0.15, -0.1) is 0 Å². The number of anilines is 1. The summed E-state index contributed by atoms with van der Waals surface area (Å²) in [6.07, 6.45) is 1.50. The van der Waals surface area contributed by atoms with Gasteiger partial charge in [0.1, 0.15) is 22.7 Å². The average Bonchev–Trinajstić information content (AvgIpc) is 3.15. The molecular formula is C25H30N4O6. The van der Waals surface area contributed by atoms with Crippen molar-refractivity contribution in [1.82, 2.24) is 14.4 Å².